The highest BCUT2D eigenvalue weighted by atomic mass is 35.5. The molecular formula is C3H5Cl2NO2. The largest absolute Gasteiger partial charge is 0.447 e. The number of carbonyl (C=O) groups excluding carboxylic acids is 1. The molecule has 0 saturated carbocycles. The average Bonchev–Trinajstić information content (AvgIpc) is 1.61. The molecule has 0 spiro atoms. The molecule has 0 atom stereocenters. The highest BCUT2D eigenvalue weighted by Gasteiger charge is 1.99. The summed E-state index contributed by atoms with van der Waals surface area (Å²) in [5.41, 5.74) is 4.56. The van der Waals surface area contributed by atoms with Gasteiger partial charge in [0.2, 0.25) is 0 Å². The number of halogens is 2. The second-order valence-electron chi connectivity index (χ2n) is 1.02. The first kappa shape index (κ1) is 7.85. The molecular weight excluding hydrogens is 153 g/mol. The first-order chi connectivity index (χ1) is 3.63. The summed E-state index contributed by atoms with van der Waals surface area (Å²) in [7, 11) is 0. The lowest BCUT2D eigenvalue weighted by Gasteiger charge is -1.98. The van der Waals surface area contributed by atoms with Gasteiger partial charge >= 0.3 is 6.09 Å². The fraction of sp³-hybridized carbons (Fsp3) is 0.667. The zero-order chi connectivity index (χ0) is 6.57. The van der Waals surface area contributed by atoms with Gasteiger partial charge in [-0.1, -0.05) is 0 Å². The van der Waals surface area contributed by atoms with Crippen molar-refractivity contribution in [1.82, 2.24) is 0 Å². The number of amides is 1. The van der Waals surface area contributed by atoms with E-state index in [2.05, 4.69) is 10.5 Å². The molecule has 0 aliphatic carbocycles. The molecule has 1 amide bonds. The SMILES string of the molecule is NC(=O)OCC(Cl)Cl. The summed E-state index contributed by atoms with van der Waals surface area (Å²) in [6.45, 7) is -0.0571. The topological polar surface area (TPSA) is 52.3 Å². The van der Waals surface area contributed by atoms with Crippen molar-refractivity contribution in [2.75, 3.05) is 6.61 Å². The molecule has 48 valence electrons. The van der Waals surface area contributed by atoms with Crippen molar-refractivity contribution in [2.45, 2.75) is 4.84 Å². The summed E-state index contributed by atoms with van der Waals surface area (Å²) < 4.78 is 4.18. The van der Waals surface area contributed by atoms with Gasteiger partial charge in [-0.05, 0) is 0 Å². The van der Waals surface area contributed by atoms with Crippen molar-refractivity contribution in [1.29, 1.82) is 0 Å². The second-order valence-corrected chi connectivity index (χ2v) is 2.30. The summed E-state index contributed by atoms with van der Waals surface area (Å²) in [5, 5.41) is 0. The van der Waals surface area contributed by atoms with E-state index in [9.17, 15) is 4.79 Å². The lowest BCUT2D eigenvalue weighted by molar-refractivity contribution is 0.161. The van der Waals surface area contributed by atoms with E-state index in [0.717, 1.165) is 0 Å². The predicted octanol–water partition coefficient (Wildman–Crippen LogP) is 0.885. The fourth-order valence-electron chi connectivity index (χ4n) is 0.145. The normalized spacial score (nSPS) is 9.38. The highest BCUT2D eigenvalue weighted by Crippen LogP contribution is 2.00. The van der Waals surface area contributed by atoms with Gasteiger partial charge in [-0.3, -0.25) is 0 Å². The first-order valence-corrected chi connectivity index (χ1v) is 2.70. The number of hydrogen-bond donors (Lipinski definition) is 1. The van der Waals surface area contributed by atoms with Crippen molar-refractivity contribution in [3.63, 3.8) is 0 Å². The zero-order valence-electron chi connectivity index (χ0n) is 3.93. The van der Waals surface area contributed by atoms with Crippen LogP contribution in [0.15, 0.2) is 0 Å². The van der Waals surface area contributed by atoms with E-state index in [1.165, 1.54) is 0 Å². The standard InChI is InChI=1S/C3H5Cl2NO2/c4-2(5)1-8-3(6)7/h2H,1H2,(H2,6,7). The molecule has 0 aliphatic heterocycles. The Morgan fingerprint density at radius 1 is 1.75 bits per heavy atom. The van der Waals surface area contributed by atoms with Crippen LogP contribution in [0.2, 0.25) is 0 Å². The van der Waals surface area contributed by atoms with E-state index in [0.29, 0.717) is 0 Å². The molecule has 0 radical (unpaired) electrons. The maximum Gasteiger partial charge on any atom is 0.404 e. The van der Waals surface area contributed by atoms with Crippen LogP contribution in [0.3, 0.4) is 0 Å². The molecule has 0 aromatic heterocycles. The Kier molecular flexibility index (Phi) is 3.73. The molecule has 0 aromatic rings. The first-order valence-electron chi connectivity index (χ1n) is 1.83. The van der Waals surface area contributed by atoms with Gasteiger partial charge in [-0.2, -0.15) is 0 Å². The van der Waals surface area contributed by atoms with E-state index in [1.54, 1.807) is 0 Å². The molecule has 8 heavy (non-hydrogen) atoms. The van der Waals surface area contributed by atoms with Crippen molar-refractivity contribution in [3.05, 3.63) is 0 Å². The lowest BCUT2D eigenvalue weighted by Crippen LogP contribution is -2.16. The highest BCUT2D eigenvalue weighted by molar-refractivity contribution is 6.44. The van der Waals surface area contributed by atoms with Crippen molar-refractivity contribution < 1.29 is 9.53 Å². The molecule has 0 heterocycles. The number of rotatable bonds is 2. The van der Waals surface area contributed by atoms with Crippen LogP contribution >= 0.6 is 23.2 Å². The van der Waals surface area contributed by atoms with Crippen LogP contribution in [0.4, 0.5) is 4.79 Å². The minimum atomic E-state index is -0.865. The van der Waals surface area contributed by atoms with Crippen LogP contribution in [0, 0.1) is 0 Å². The van der Waals surface area contributed by atoms with Gasteiger partial charge in [-0.25, -0.2) is 4.79 Å². The molecule has 0 bridgehead atoms. The summed E-state index contributed by atoms with van der Waals surface area (Å²) in [6, 6.07) is 0. The second kappa shape index (κ2) is 3.80. The Labute approximate surface area is 56.7 Å². The summed E-state index contributed by atoms with van der Waals surface area (Å²) in [5.74, 6) is 0. The van der Waals surface area contributed by atoms with Crippen molar-refractivity contribution in [3.8, 4) is 0 Å². The van der Waals surface area contributed by atoms with Crippen LogP contribution in [0.1, 0.15) is 0 Å². The molecule has 0 aromatic carbocycles. The molecule has 0 unspecified atom stereocenters. The van der Waals surface area contributed by atoms with Gasteiger partial charge in [0, 0.05) is 0 Å². The van der Waals surface area contributed by atoms with E-state index < -0.39 is 10.9 Å². The molecule has 3 nitrogen and oxygen atoms in total. The van der Waals surface area contributed by atoms with Crippen LogP contribution in [-0.2, 0) is 4.74 Å². The zero-order valence-corrected chi connectivity index (χ0v) is 5.45. The Bertz CT molecular complexity index is 85.4. The smallest absolute Gasteiger partial charge is 0.404 e. The van der Waals surface area contributed by atoms with E-state index in [4.69, 9.17) is 23.2 Å². The third-order valence-electron chi connectivity index (χ3n) is 0.352. The van der Waals surface area contributed by atoms with Gasteiger partial charge in [0.15, 0.2) is 0 Å². The minimum absolute atomic E-state index is 0.0571. The fourth-order valence-corrected chi connectivity index (χ4v) is 0.271. The van der Waals surface area contributed by atoms with Gasteiger partial charge in [0.25, 0.3) is 0 Å². The number of ether oxygens (including phenoxy) is 1. The quantitative estimate of drug-likeness (QED) is 0.606. The molecule has 0 rings (SSSR count). The molecule has 5 heteroatoms. The van der Waals surface area contributed by atoms with Crippen LogP contribution in [0.5, 0.6) is 0 Å². The Morgan fingerprint density at radius 3 is 2.38 bits per heavy atom. The van der Waals surface area contributed by atoms with Gasteiger partial charge < -0.3 is 10.5 Å². The Morgan fingerprint density at radius 2 is 2.25 bits per heavy atom. The predicted molar refractivity (Wildman–Crippen MR) is 31.0 cm³/mol. The van der Waals surface area contributed by atoms with Crippen LogP contribution in [-0.4, -0.2) is 17.5 Å². The maximum atomic E-state index is 9.79. The number of alkyl halides is 2. The number of hydrogen-bond acceptors (Lipinski definition) is 2. The third kappa shape index (κ3) is 5.85. The minimum Gasteiger partial charge on any atom is -0.447 e. The lowest BCUT2D eigenvalue weighted by atomic mass is 10.8. The van der Waals surface area contributed by atoms with Gasteiger partial charge in [0.1, 0.15) is 11.4 Å². The molecule has 0 fully saturated rings. The van der Waals surface area contributed by atoms with Crippen molar-refractivity contribution in [2.24, 2.45) is 5.73 Å². The summed E-state index contributed by atoms with van der Waals surface area (Å²) in [6.07, 6.45) is -0.865. The van der Waals surface area contributed by atoms with Crippen LogP contribution < -0.4 is 5.73 Å². The van der Waals surface area contributed by atoms with Crippen molar-refractivity contribution >= 4 is 29.3 Å². The van der Waals surface area contributed by atoms with E-state index in [1.807, 2.05) is 0 Å². The monoisotopic (exact) mass is 157 g/mol. The Hall–Kier alpha value is -0.150. The Balaban J connectivity index is 3.05. The molecule has 0 saturated heterocycles. The maximum absolute atomic E-state index is 9.79. The van der Waals surface area contributed by atoms with E-state index >= 15 is 0 Å². The summed E-state index contributed by atoms with van der Waals surface area (Å²) in [4.78, 5) is 9.09. The number of primary amides is 1. The van der Waals surface area contributed by atoms with E-state index in [-0.39, 0.29) is 6.61 Å². The molecule has 2 N–H and O–H groups in total. The van der Waals surface area contributed by atoms with Gasteiger partial charge in [0.05, 0.1) is 0 Å². The summed E-state index contributed by atoms with van der Waals surface area (Å²) >= 11 is 10.3. The van der Waals surface area contributed by atoms with Gasteiger partial charge in [-0.15, -0.1) is 23.2 Å². The number of nitrogens with two attached hydrogens (primary N) is 1. The average molecular weight is 158 g/mol. The number of carbonyl (C=O) groups is 1. The molecule has 0 aliphatic rings. The third-order valence-corrected chi connectivity index (χ3v) is 0.604. The van der Waals surface area contributed by atoms with Crippen LogP contribution in [0.25, 0.3) is 0 Å².